The van der Waals surface area contributed by atoms with Crippen molar-refractivity contribution in [1.82, 2.24) is 5.32 Å². The van der Waals surface area contributed by atoms with Crippen molar-refractivity contribution in [3.63, 3.8) is 0 Å². The summed E-state index contributed by atoms with van der Waals surface area (Å²) in [5.41, 5.74) is 6.67. The van der Waals surface area contributed by atoms with Gasteiger partial charge in [0.2, 0.25) is 0 Å². The Morgan fingerprint density at radius 3 is 2.62 bits per heavy atom. The zero-order valence-corrected chi connectivity index (χ0v) is 7.75. The summed E-state index contributed by atoms with van der Waals surface area (Å²) in [5.74, 6) is 0.514. The van der Waals surface area contributed by atoms with Gasteiger partial charge in [0, 0.05) is 5.02 Å². The number of hydrogen-bond donors (Lipinski definition) is 2. The Bertz CT molecular complexity index is 331. The van der Waals surface area contributed by atoms with Crippen LogP contribution in [0.2, 0.25) is 5.02 Å². The molecular formula is C9H10ClN3. The molecule has 0 radical (unpaired) electrons. The maximum absolute atomic E-state index is 5.77. The van der Waals surface area contributed by atoms with Gasteiger partial charge in [0.1, 0.15) is 0 Å². The van der Waals surface area contributed by atoms with Crippen molar-refractivity contribution in [3.05, 3.63) is 34.9 Å². The van der Waals surface area contributed by atoms with E-state index in [9.17, 15) is 0 Å². The van der Waals surface area contributed by atoms with Crippen LogP contribution >= 0.6 is 11.6 Å². The molecule has 1 aromatic carbocycles. The number of rotatable bonds is 1. The van der Waals surface area contributed by atoms with E-state index < -0.39 is 0 Å². The van der Waals surface area contributed by atoms with Gasteiger partial charge in [-0.2, -0.15) is 0 Å². The zero-order valence-electron chi connectivity index (χ0n) is 7.00. The Labute approximate surface area is 81.6 Å². The van der Waals surface area contributed by atoms with Gasteiger partial charge in [0.15, 0.2) is 5.96 Å². The minimum atomic E-state index is 0.206. The van der Waals surface area contributed by atoms with Gasteiger partial charge in [0.05, 0.1) is 12.6 Å². The molecule has 68 valence electrons. The van der Waals surface area contributed by atoms with Crippen molar-refractivity contribution in [2.24, 2.45) is 10.7 Å². The van der Waals surface area contributed by atoms with E-state index in [4.69, 9.17) is 17.3 Å². The van der Waals surface area contributed by atoms with Crippen LogP contribution in [0.1, 0.15) is 11.6 Å². The van der Waals surface area contributed by atoms with Crippen LogP contribution in [-0.2, 0) is 0 Å². The SMILES string of the molecule is NC1=NCC(c2ccc(Cl)cc2)N1. The molecule has 0 spiro atoms. The van der Waals surface area contributed by atoms with Gasteiger partial charge in [0.25, 0.3) is 0 Å². The second-order valence-electron chi connectivity index (χ2n) is 2.97. The third kappa shape index (κ3) is 1.75. The monoisotopic (exact) mass is 195 g/mol. The molecule has 0 bridgehead atoms. The van der Waals surface area contributed by atoms with Crippen LogP contribution in [0.25, 0.3) is 0 Å². The molecule has 0 aromatic heterocycles. The lowest BCUT2D eigenvalue weighted by molar-refractivity contribution is 0.708. The molecule has 1 atom stereocenters. The molecule has 1 unspecified atom stereocenters. The predicted octanol–water partition coefficient (Wildman–Crippen LogP) is 1.30. The molecule has 3 nitrogen and oxygen atoms in total. The lowest BCUT2D eigenvalue weighted by Crippen LogP contribution is -2.29. The first kappa shape index (κ1) is 8.38. The van der Waals surface area contributed by atoms with Gasteiger partial charge in [-0.05, 0) is 17.7 Å². The molecule has 0 saturated carbocycles. The van der Waals surface area contributed by atoms with E-state index >= 15 is 0 Å². The number of aliphatic imine (C=N–C) groups is 1. The summed E-state index contributed by atoms with van der Waals surface area (Å²) in [6.07, 6.45) is 0. The van der Waals surface area contributed by atoms with Gasteiger partial charge >= 0.3 is 0 Å². The lowest BCUT2D eigenvalue weighted by Gasteiger charge is -2.10. The smallest absolute Gasteiger partial charge is 0.189 e. The van der Waals surface area contributed by atoms with Crippen molar-refractivity contribution in [1.29, 1.82) is 0 Å². The van der Waals surface area contributed by atoms with Crippen LogP contribution < -0.4 is 11.1 Å². The molecule has 1 aromatic rings. The fourth-order valence-electron chi connectivity index (χ4n) is 1.34. The number of halogens is 1. The Morgan fingerprint density at radius 1 is 1.38 bits per heavy atom. The van der Waals surface area contributed by atoms with Crippen LogP contribution in [0, 0.1) is 0 Å². The molecule has 4 heteroatoms. The van der Waals surface area contributed by atoms with E-state index in [1.165, 1.54) is 0 Å². The van der Waals surface area contributed by atoms with E-state index in [2.05, 4.69) is 10.3 Å². The number of hydrogen-bond acceptors (Lipinski definition) is 3. The molecule has 1 aliphatic rings. The minimum Gasteiger partial charge on any atom is -0.370 e. The average Bonchev–Trinajstić information content (AvgIpc) is 2.53. The molecule has 0 amide bonds. The van der Waals surface area contributed by atoms with Gasteiger partial charge < -0.3 is 11.1 Å². The average molecular weight is 196 g/mol. The van der Waals surface area contributed by atoms with Gasteiger partial charge in [-0.25, -0.2) is 0 Å². The van der Waals surface area contributed by atoms with Crippen molar-refractivity contribution in [3.8, 4) is 0 Å². The van der Waals surface area contributed by atoms with Crippen molar-refractivity contribution >= 4 is 17.6 Å². The molecule has 2 rings (SSSR count). The Hall–Kier alpha value is -1.22. The topological polar surface area (TPSA) is 50.4 Å². The number of benzene rings is 1. The van der Waals surface area contributed by atoms with E-state index in [0.29, 0.717) is 12.5 Å². The molecule has 0 fully saturated rings. The summed E-state index contributed by atoms with van der Waals surface area (Å²) < 4.78 is 0. The maximum atomic E-state index is 5.77. The fourth-order valence-corrected chi connectivity index (χ4v) is 1.47. The Morgan fingerprint density at radius 2 is 2.08 bits per heavy atom. The van der Waals surface area contributed by atoms with E-state index in [1.807, 2.05) is 24.3 Å². The number of guanidine groups is 1. The number of nitrogens with one attached hydrogen (secondary N) is 1. The first-order valence-electron chi connectivity index (χ1n) is 4.07. The third-order valence-corrected chi connectivity index (χ3v) is 2.29. The number of nitrogens with zero attached hydrogens (tertiary/aromatic N) is 1. The Kier molecular flexibility index (Phi) is 2.10. The lowest BCUT2D eigenvalue weighted by atomic mass is 10.1. The highest BCUT2D eigenvalue weighted by Gasteiger charge is 2.16. The quantitative estimate of drug-likeness (QED) is 0.710. The fraction of sp³-hybridized carbons (Fsp3) is 0.222. The van der Waals surface area contributed by atoms with Crippen molar-refractivity contribution < 1.29 is 0 Å². The molecule has 1 aliphatic heterocycles. The highest BCUT2D eigenvalue weighted by atomic mass is 35.5. The predicted molar refractivity (Wildman–Crippen MR) is 53.8 cm³/mol. The number of nitrogens with two attached hydrogens (primary N) is 1. The van der Waals surface area contributed by atoms with Crippen LogP contribution in [0.4, 0.5) is 0 Å². The van der Waals surface area contributed by atoms with E-state index in [1.54, 1.807) is 0 Å². The molecule has 1 heterocycles. The van der Waals surface area contributed by atoms with Crippen molar-refractivity contribution in [2.75, 3.05) is 6.54 Å². The normalized spacial score (nSPS) is 21.0. The Balaban J connectivity index is 2.14. The highest BCUT2D eigenvalue weighted by molar-refractivity contribution is 6.30. The zero-order chi connectivity index (χ0) is 9.26. The molecule has 0 aliphatic carbocycles. The van der Waals surface area contributed by atoms with Crippen molar-refractivity contribution in [2.45, 2.75) is 6.04 Å². The van der Waals surface area contributed by atoms with E-state index in [-0.39, 0.29) is 6.04 Å². The third-order valence-electron chi connectivity index (χ3n) is 2.04. The molecule has 13 heavy (non-hydrogen) atoms. The summed E-state index contributed by atoms with van der Waals surface area (Å²) in [5, 5.41) is 3.82. The van der Waals surface area contributed by atoms with Crippen LogP contribution in [0.5, 0.6) is 0 Å². The molecule has 0 saturated heterocycles. The highest BCUT2D eigenvalue weighted by Crippen LogP contribution is 2.18. The first-order valence-corrected chi connectivity index (χ1v) is 4.45. The second kappa shape index (κ2) is 3.26. The summed E-state index contributed by atoms with van der Waals surface area (Å²) in [6.45, 7) is 0.702. The van der Waals surface area contributed by atoms with Crippen LogP contribution in [-0.4, -0.2) is 12.5 Å². The van der Waals surface area contributed by atoms with Gasteiger partial charge in [-0.1, -0.05) is 23.7 Å². The largest absolute Gasteiger partial charge is 0.370 e. The van der Waals surface area contributed by atoms with Crippen LogP contribution in [0.3, 0.4) is 0 Å². The minimum absolute atomic E-state index is 0.206. The first-order chi connectivity index (χ1) is 6.25. The maximum Gasteiger partial charge on any atom is 0.189 e. The van der Waals surface area contributed by atoms with Gasteiger partial charge in [-0.3, -0.25) is 4.99 Å². The summed E-state index contributed by atoms with van der Waals surface area (Å²) >= 11 is 5.77. The second-order valence-corrected chi connectivity index (χ2v) is 3.41. The molecular weight excluding hydrogens is 186 g/mol. The van der Waals surface area contributed by atoms with Gasteiger partial charge in [-0.15, -0.1) is 0 Å². The van der Waals surface area contributed by atoms with Crippen LogP contribution in [0.15, 0.2) is 29.3 Å². The summed E-state index contributed by atoms with van der Waals surface area (Å²) in [6, 6.07) is 7.90. The standard InChI is InChI=1S/C9H10ClN3/c10-7-3-1-6(2-4-7)8-5-12-9(11)13-8/h1-4,8H,5H2,(H3,11,12,13). The van der Waals surface area contributed by atoms with E-state index in [0.717, 1.165) is 10.6 Å². The summed E-state index contributed by atoms with van der Waals surface area (Å²) in [7, 11) is 0. The summed E-state index contributed by atoms with van der Waals surface area (Å²) in [4.78, 5) is 4.07. The molecule has 3 N–H and O–H groups in total.